The lowest BCUT2D eigenvalue weighted by molar-refractivity contribution is -0.122. The number of hydrogen-bond donors (Lipinski definition) is 1. The molecule has 0 fully saturated rings. The molecule has 1 aromatic heterocycles. The van der Waals surface area contributed by atoms with E-state index < -0.39 is 5.54 Å². The second kappa shape index (κ2) is 2.67. The van der Waals surface area contributed by atoms with Gasteiger partial charge in [-0.25, -0.2) is 0 Å². The van der Waals surface area contributed by atoms with Crippen molar-refractivity contribution in [2.75, 3.05) is 0 Å². The summed E-state index contributed by atoms with van der Waals surface area (Å²) in [6.45, 7) is 3.55. The van der Waals surface area contributed by atoms with Crippen LogP contribution in [0.1, 0.15) is 19.5 Å². The number of aryl methyl sites for hydroxylation is 1. The van der Waals surface area contributed by atoms with E-state index in [9.17, 15) is 4.79 Å². The molecule has 14 heavy (non-hydrogen) atoms. The zero-order chi connectivity index (χ0) is 10.3. The van der Waals surface area contributed by atoms with Crippen LogP contribution in [-0.4, -0.2) is 27.1 Å². The number of aliphatic imine (C=N–C) groups is 1. The van der Waals surface area contributed by atoms with Crippen molar-refractivity contribution in [1.29, 1.82) is 0 Å². The van der Waals surface area contributed by atoms with Crippen molar-refractivity contribution in [2.24, 2.45) is 12.0 Å². The molecule has 74 valence electrons. The first kappa shape index (κ1) is 8.93. The van der Waals surface area contributed by atoms with Gasteiger partial charge in [-0.15, -0.1) is 0 Å². The minimum absolute atomic E-state index is 0.0850. The minimum Gasteiger partial charge on any atom is -0.307 e. The summed E-state index contributed by atoms with van der Waals surface area (Å²) in [4.78, 5) is 15.7. The molecule has 2 rings (SSSR count). The highest BCUT2D eigenvalue weighted by molar-refractivity contribution is 6.14. The van der Waals surface area contributed by atoms with E-state index in [0.717, 1.165) is 0 Å². The molecule has 0 spiro atoms. The molecule has 1 aliphatic rings. The van der Waals surface area contributed by atoms with Crippen LogP contribution in [0, 0.1) is 0 Å². The second-order valence-corrected chi connectivity index (χ2v) is 3.85. The van der Waals surface area contributed by atoms with Crippen molar-refractivity contribution >= 4 is 11.7 Å². The third-order valence-electron chi connectivity index (χ3n) is 2.14. The molecular formula is C9H12N4O. The van der Waals surface area contributed by atoms with E-state index in [1.807, 2.05) is 19.3 Å². The van der Waals surface area contributed by atoms with Gasteiger partial charge in [-0.05, 0) is 19.9 Å². The van der Waals surface area contributed by atoms with Gasteiger partial charge in [0.2, 0.25) is 0 Å². The molecule has 0 unspecified atom stereocenters. The third-order valence-corrected chi connectivity index (χ3v) is 2.14. The van der Waals surface area contributed by atoms with Crippen LogP contribution >= 0.6 is 0 Å². The van der Waals surface area contributed by atoms with Crippen LogP contribution in [0.2, 0.25) is 0 Å². The van der Waals surface area contributed by atoms with E-state index in [4.69, 9.17) is 0 Å². The molecule has 0 saturated heterocycles. The summed E-state index contributed by atoms with van der Waals surface area (Å²) < 4.78 is 1.68. The van der Waals surface area contributed by atoms with Crippen molar-refractivity contribution in [3.63, 3.8) is 0 Å². The maximum absolute atomic E-state index is 11.4. The molecule has 5 nitrogen and oxygen atoms in total. The van der Waals surface area contributed by atoms with Crippen molar-refractivity contribution < 1.29 is 4.79 Å². The Morgan fingerprint density at radius 2 is 2.21 bits per heavy atom. The van der Waals surface area contributed by atoms with Gasteiger partial charge in [-0.2, -0.15) is 5.10 Å². The maximum Gasteiger partial charge on any atom is 0.252 e. The highest BCUT2D eigenvalue weighted by Gasteiger charge is 2.35. The topological polar surface area (TPSA) is 59.3 Å². The zero-order valence-electron chi connectivity index (χ0n) is 8.40. The van der Waals surface area contributed by atoms with Gasteiger partial charge in [0.1, 0.15) is 11.2 Å². The predicted octanol–water partition coefficient (Wildman–Crippen LogP) is 0.0751. The van der Waals surface area contributed by atoms with Gasteiger partial charge >= 0.3 is 0 Å². The first-order valence-corrected chi connectivity index (χ1v) is 4.40. The summed E-state index contributed by atoms with van der Waals surface area (Å²) in [6.07, 6.45) is 1.81. The van der Waals surface area contributed by atoms with Crippen LogP contribution in [0.4, 0.5) is 0 Å². The Kier molecular flexibility index (Phi) is 1.70. The average molecular weight is 192 g/mol. The number of aromatic nitrogens is 2. The second-order valence-electron chi connectivity index (χ2n) is 3.85. The normalized spacial score (nSPS) is 19.4. The molecule has 5 heteroatoms. The summed E-state index contributed by atoms with van der Waals surface area (Å²) in [5.41, 5.74) is 0.0266. The Balaban J connectivity index is 2.35. The molecule has 1 amide bonds. The summed E-state index contributed by atoms with van der Waals surface area (Å²) in [5, 5.41) is 6.87. The average Bonchev–Trinajstić information content (AvgIpc) is 2.58. The lowest BCUT2D eigenvalue weighted by Gasteiger charge is -2.07. The van der Waals surface area contributed by atoms with Crippen LogP contribution in [-0.2, 0) is 11.8 Å². The number of nitrogens with zero attached hydrogens (tertiary/aromatic N) is 3. The van der Waals surface area contributed by atoms with E-state index in [1.54, 1.807) is 18.5 Å². The van der Waals surface area contributed by atoms with Gasteiger partial charge < -0.3 is 5.32 Å². The number of amides is 1. The van der Waals surface area contributed by atoms with Gasteiger partial charge in [0, 0.05) is 13.2 Å². The van der Waals surface area contributed by atoms with E-state index in [0.29, 0.717) is 11.5 Å². The highest BCUT2D eigenvalue weighted by atomic mass is 16.2. The van der Waals surface area contributed by atoms with E-state index in [-0.39, 0.29) is 5.91 Å². The smallest absolute Gasteiger partial charge is 0.252 e. The minimum atomic E-state index is -0.674. The molecular weight excluding hydrogens is 180 g/mol. The van der Waals surface area contributed by atoms with E-state index in [1.165, 1.54) is 0 Å². The monoisotopic (exact) mass is 192 g/mol. The Bertz CT molecular complexity index is 416. The van der Waals surface area contributed by atoms with Crippen molar-refractivity contribution in [3.05, 3.63) is 18.0 Å². The molecule has 1 aromatic rings. The van der Waals surface area contributed by atoms with E-state index in [2.05, 4.69) is 15.4 Å². The number of carbonyl (C=O) groups excluding carboxylic acids is 1. The number of rotatable bonds is 1. The number of nitrogens with one attached hydrogen (secondary N) is 1. The highest BCUT2D eigenvalue weighted by Crippen LogP contribution is 2.16. The van der Waals surface area contributed by atoms with Gasteiger partial charge in [0.25, 0.3) is 5.91 Å². The largest absolute Gasteiger partial charge is 0.307 e. The number of hydrogen-bond acceptors (Lipinski definition) is 3. The lowest BCUT2D eigenvalue weighted by Crippen LogP contribution is -2.34. The Hall–Kier alpha value is -1.65. The van der Waals surface area contributed by atoms with Crippen LogP contribution < -0.4 is 5.32 Å². The summed E-state index contributed by atoms with van der Waals surface area (Å²) >= 11 is 0. The number of amidine groups is 1. The fourth-order valence-corrected chi connectivity index (χ4v) is 1.28. The van der Waals surface area contributed by atoms with Crippen molar-refractivity contribution in [1.82, 2.24) is 15.1 Å². The maximum atomic E-state index is 11.4. The summed E-state index contributed by atoms with van der Waals surface area (Å²) in [7, 11) is 1.83. The molecule has 1 aliphatic heterocycles. The molecule has 0 atom stereocenters. The van der Waals surface area contributed by atoms with Crippen LogP contribution in [0.5, 0.6) is 0 Å². The van der Waals surface area contributed by atoms with Crippen LogP contribution in [0.3, 0.4) is 0 Å². The first-order valence-electron chi connectivity index (χ1n) is 4.40. The quantitative estimate of drug-likeness (QED) is 0.684. The van der Waals surface area contributed by atoms with Crippen LogP contribution in [0.25, 0.3) is 0 Å². The van der Waals surface area contributed by atoms with Crippen LogP contribution in [0.15, 0.2) is 17.3 Å². The third kappa shape index (κ3) is 1.30. The Morgan fingerprint density at radius 3 is 2.64 bits per heavy atom. The van der Waals surface area contributed by atoms with E-state index >= 15 is 0 Å². The zero-order valence-corrected chi connectivity index (χ0v) is 8.40. The first-order chi connectivity index (χ1) is 6.49. The Labute approximate surface area is 81.8 Å². The summed E-state index contributed by atoms with van der Waals surface area (Å²) in [5.74, 6) is 0.471. The summed E-state index contributed by atoms with van der Waals surface area (Å²) in [6, 6.07) is 1.82. The molecule has 0 aliphatic carbocycles. The molecule has 0 bridgehead atoms. The molecule has 2 heterocycles. The fraction of sp³-hybridized carbons (Fsp3) is 0.444. The molecule has 0 aromatic carbocycles. The van der Waals surface area contributed by atoms with Gasteiger partial charge in [-0.1, -0.05) is 0 Å². The Morgan fingerprint density at radius 1 is 1.50 bits per heavy atom. The lowest BCUT2D eigenvalue weighted by atomic mass is 10.1. The standard InChI is InChI=1S/C9H12N4O/c1-9(2)8(14)10-7(11-9)6-4-5-13(3)12-6/h4-5H,1-3H3,(H,10,11,14). The van der Waals surface area contributed by atoms with Gasteiger partial charge in [-0.3, -0.25) is 14.5 Å². The van der Waals surface area contributed by atoms with Gasteiger partial charge in [0.05, 0.1) is 0 Å². The molecule has 0 radical (unpaired) electrons. The SMILES string of the molecule is Cn1ccc(C2=NC(C)(C)C(=O)N2)n1. The number of carbonyl (C=O) groups is 1. The molecule has 1 N–H and O–H groups in total. The van der Waals surface area contributed by atoms with Crippen molar-refractivity contribution in [3.8, 4) is 0 Å². The fourth-order valence-electron chi connectivity index (χ4n) is 1.28. The van der Waals surface area contributed by atoms with Gasteiger partial charge in [0.15, 0.2) is 5.84 Å². The molecule has 0 saturated carbocycles. The van der Waals surface area contributed by atoms with Crippen molar-refractivity contribution in [2.45, 2.75) is 19.4 Å². The predicted molar refractivity (Wildman–Crippen MR) is 52.0 cm³/mol.